The number of rotatable bonds is 2. The molecule has 0 radical (unpaired) electrons. The predicted octanol–water partition coefficient (Wildman–Crippen LogP) is 4.02. The maximum atomic E-state index is 6.40. The molecule has 1 aliphatic carbocycles. The Morgan fingerprint density at radius 3 is 2.47 bits per heavy atom. The van der Waals surface area contributed by atoms with Crippen molar-refractivity contribution >= 4 is 0 Å². The van der Waals surface area contributed by atoms with Gasteiger partial charge in [-0.15, -0.1) is 0 Å². The van der Waals surface area contributed by atoms with Crippen LogP contribution in [0.2, 0.25) is 0 Å². The molecule has 1 aliphatic heterocycles. The number of ether oxygens (including phenoxy) is 1. The lowest BCUT2D eigenvalue weighted by Gasteiger charge is -2.38. The lowest BCUT2D eigenvalue weighted by atomic mass is 9.76. The highest BCUT2D eigenvalue weighted by Crippen LogP contribution is 2.58. The third-order valence-corrected chi connectivity index (χ3v) is 4.93. The lowest BCUT2D eigenvalue weighted by Crippen LogP contribution is -2.41. The molecule has 0 aromatic carbocycles. The summed E-state index contributed by atoms with van der Waals surface area (Å²) in [6, 6.07) is 0. The van der Waals surface area contributed by atoms with Gasteiger partial charge in [-0.2, -0.15) is 0 Å². The second-order valence-electron chi connectivity index (χ2n) is 6.83. The molecule has 1 nitrogen and oxygen atoms in total. The van der Waals surface area contributed by atoms with Gasteiger partial charge in [0.2, 0.25) is 0 Å². The minimum absolute atomic E-state index is 0.159. The zero-order chi connectivity index (χ0) is 11.3. The maximum absolute atomic E-state index is 6.40. The Morgan fingerprint density at radius 1 is 1.27 bits per heavy atom. The highest BCUT2D eigenvalue weighted by Gasteiger charge is 2.57. The number of fused-ring (bicyclic) bond motifs is 1. The molecule has 0 amide bonds. The maximum Gasteiger partial charge on any atom is 0.0737 e. The summed E-state index contributed by atoms with van der Waals surface area (Å²) in [6.07, 6.45) is 5.78. The third kappa shape index (κ3) is 1.73. The molecule has 2 fully saturated rings. The molecule has 0 aromatic rings. The molecule has 2 rings (SSSR count). The summed E-state index contributed by atoms with van der Waals surface area (Å²) >= 11 is 0. The zero-order valence-electron chi connectivity index (χ0n) is 11.0. The minimum Gasteiger partial charge on any atom is -0.371 e. The summed E-state index contributed by atoms with van der Waals surface area (Å²) < 4.78 is 6.40. The van der Waals surface area contributed by atoms with Crippen LogP contribution in [0.15, 0.2) is 0 Å². The molecule has 1 saturated heterocycles. The van der Waals surface area contributed by atoms with Crippen molar-refractivity contribution in [2.24, 2.45) is 17.3 Å². The van der Waals surface area contributed by atoms with Gasteiger partial charge in [0, 0.05) is 0 Å². The first-order valence-electron chi connectivity index (χ1n) is 6.53. The van der Waals surface area contributed by atoms with Gasteiger partial charge in [-0.3, -0.25) is 0 Å². The lowest BCUT2D eigenvalue weighted by molar-refractivity contribution is -0.102. The summed E-state index contributed by atoms with van der Waals surface area (Å²) in [4.78, 5) is 0. The Morgan fingerprint density at radius 2 is 1.93 bits per heavy atom. The molecule has 15 heavy (non-hydrogen) atoms. The smallest absolute Gasteiger partial charge is 0.0737 e. The van der Waals surface area contributed by atoms with E-state index in [-0.39, 0.29) is 5.60 Å². The highest BCUT2D eigenvalue weighted by atomic mass is 16.5. The van der Waals surface area contributed by atoms with Crippen LogP contribution in [0.4, 0.5) is 0 Å². The van der Waals surface area contributed by atoms with Crippen molar-refractivity contribution in [1.82, 2.24) is 0 Å². The van der Waals surface area contributed by atoms with E-state index in [0.29, 0.717) is 11.5 Å². The van der Waals surface area contributed by atoms with Crippen molar-refractivity contribution < 1.29 is 4.74 Å². The molecule has 0 spiro atoms. The van der Waals surface area contributed by atoms with Crippen molar-refractivity contribution in [3.8, 4) is 0 Å². The van der Waals surface area contributed by atoms with Gasteiger partial charge in [-0.05, 0) is 49.9 Å². The summed E-state index contributed by atoms with van der Waals surface area (Å²) in [7, 11) is 0. The summed E-state index contributed by atoms with van der Waals surface area (Å²) in [5, 5.41) is 0. The van der Waals surface area contributed by atoms with Gasteiger partial charge in [0.05, 0.1) is 11.7 Å². The van der Waals surface area contributed by atoms with E-state index < -0.39 is 0 Å². The second kappa shape index (κ2) is 3.48. The monoisotopic (exact) mass is 210 g/mol. The van der Waals surface area contributed by atoms with E-state index in [1.165, 1.54) is 25.7 Å². The second-order valence-corrected chi connectivity index (χ2v) is 6.83. The average Bonchev–Trinajstić information content (AvgIpc) is 2.48. The number of hydrogen-bond acceptors (Lipinski definition) is 1. The fourth-order valence-electron chi connectivity index (χ4n) is 3.59. The largest absolute Gasteiger partial charge is 0.371 e. The summed E-state index contributed by atoms with van der Waals surface area (Å²) in [5.74, 6) is 1.58. The quantitative estimate of drug-likeness (QED) is 0.669. The van der Waals surface area contributed by atoms with E-state index in [9.17, 15) is 0 Å². The van der Waals surface area contributed by atoms with Gasteiger partial charge >= 0.3 is 0 Å². The molecule has 0 aromatic heterocycles. The van der Waals surface area contributed by atoms with Crippen molar-refractivity contribution in [3.63, 3.8) is 0 Å². The third-order valence-electron chi connectivity index (χ3n) is 4.93. The average molecular weight is 210 g/mol. The Labute approximate surface area is 94.6 Å². The first kappa shape index (κ1) is 11.4. The molecule has 1 heteroatoms. The standard InChI is InChI=1S/C14H26O/c1-10(2)8-12-9-11-6-7-13(3,4)14(11,5)15-12/h10-12H,6-9H2,1-5H3. The summed E-state index contributed by atoms with van der Waals surface area (Å²) in [5.41, 5.74) is 0.538. The molecule has 3 atom stereocenters. The SMILES string of the molecule is CC(C)CC1CC2CCC(C)(C)C2(C)O1. The van der Waals surface area contributed by atoms with E-state index in [1.807, 2.05) is 0 Å². The van der Waals surface area contributed by atoms with Crippen molar-refractivity contribution in [1.29, 1.82) is 0 Å². The van der Waals surface area contributed by atoms with E-state index in [1.54, 1.807) is 0 Å². The molecule has 0 N–H and O–H groups in total. The molecule has 1 saturated carbocycles. The van der Waals surface area contributed by atoms with Crippen LogP contribution in [-0.2, 0) is 4.74 Å². The Kier molecular flexibility index (Phi) is 2.65. The van der Waals surface area contributed by atoms with E-state index in [0.717, 1.165) is 11.8 Å². The first-order chi connectivity index (χ1) is 6.85. The van der Waals surface area contributed by atoms with Crippen molar-refractivity contribution in [2.45, 2.75) is 72.0 Å². The molecule has 3 unspecified atom stereocenters. The van der Waals surface area contributed by atoms with Crippen LogP contribution in [0.5, 0.6) is 0 Å². The van der Waals surface area contributed by atoms with Crippen LogP contribution in [-0.4, -0.2) is 11.7 Å². The Hall–Kier alpha value is -0.0400. The van der Waals surface area contributed by atoms with Gasteiger partial charge in [-0.25, -0.2) is 0 Å². The van der Waals surface area contributed by atoms with E-state index in [4.69, 9.17) is 4.74 Å². The van der Waals surface area contributed by atoms with Crippen LogP contribution in [0, 0.1) is 17.3 Å². The van der Waals surface area contributed by atoms with E-state index in [2.05, 4.69) is 34.6 Å². The highest BCUT2D eigenvalue weighted by molar-refractivity contribution is 5.07. The van der Waals surface area contributed by atoms with Gasteiger partial charge in [-0.1, -0.05) is 27.7 Å². The van der Waals surface area contributed by atoms with Crippen molar-refractivity contribution in [2.75, 3.05) is 0 Å². The molecule has 2 aliphatic rings. The fourth-order valence-corrected chi connectivity index (χ4v) is 3.59. The Balaban J connectivity index is 2.08. The van der Waals surface area contributed by atoms with Crippen LogP contribution < -0.4 is 0 Å². The fraction of sp³-hybridized carbons (Fsp3) is 1.00. The predicted molar refractivity (Wildman–Crippen MR) is 63.9 cm³/mol. The van der Waals surface area contributed by atoms with Gasteiger partial charge < -0.3 is 4.74 Å². The zero-order valence-corrected chi connectivity index (χ0v) is 11.0. The normalized spacial score (nSPS) is 43.6. The van der Waals surface area contributed by atoms with Crippen LogP contribution in [0.25, 0.3) is 0 Å². The van der Waals surface area contributed by atoms with Crippen molar-refractivity contribution in [3.05, 3.63) is 0 Å². The number of hydrogen-bond donors (Lipinski definition) is 0. The summed E-state index contributed by atoms with van der Waals surface area (Å²) in [6.45, 7) is 11.7. The Bertz CT molecular complexity index is 244. The van der Waals surface area contributed by atoms with Crippen LogP contribution >= 0.6 is 0 Å². The molecule has 88 valence electrons. The van der Waals surface area contributed by atoms with Gasteiger partial charge in [0.15, 0.2) is 0 Å². The van der Waals surface area contributed by atoms with Gasteiger partial charge in [0.1, 0.15) is 0 Å². The molecular formula is C14H26O. The topological polar surface area (TPSA) is 9.23 Å². The van der Waals surface area contributed by atoms with Crippen LogP contribution in [0.3, 0.4) is 0 Å². The van der Waals surface area contributed by atoms with E-state index >= 15 is 0 Å². The van der Waals surface area contributed by atoms with Gasteiger partial charge in [0.25, 0.3) is 0 Å². The molecule has 1 heterocycles. The molecule has 0 bridgehead atoms. The minimum atomic E-state index is 0.159. The first-order valence-corrected chi connectivity index (χ1v) is 6.53. The van der Waals surface area contributed by atoms with Crippen LogP contribution in [0.1, 0.15) is 60.3 Å². The molecular weight excluding hydrogens is 184 g/mol.